The molecule has 2 unspecified atom stereocenters. The molecule has 1 aromatic heterocycles. The van der Waals surface area contributed by atoms with E-state index in [0.717, 1.165) is 18.8 Å². The summed E-state index contributed by atoms with van der Waals surface area (Å²) in [6.07, 6.45) is 5.62. The third-order valence-corrected chi connectivity index (χ3v) is 3.26. The van der Waals surface area contributed by atoms with Crippen molar-refractivity contribution in [3.05, 3.63) is 23.9 Å². The molecule has 2 rings (SSSR count). The number of hydrogen-bond acceptors (Lipinski definition) is 3. The Bertz CT molecular complexity index is 314. The molecule has 16 heavy (non-hydrogen) atoms. The number of nitrogens with zero attached hydrogens (tertiary/aromatic N) is 1. The van der Waals surface area contributed by atoms with Crippen LogP contribution in [-0.2, 0) is 0 Å². The van der Waals surface area contributed by atoms with Gasteiger partial charge in [0.2, 0.25) is 0 Å². The molecular formula is C13H21N3. The van der Waals surface area contributed by atoms with Gasteiger partial charge in [0.05, 0.1) is 0 Å². The van der Waals surface area contributed by atoms with Crippen LogP contribution in [0, 0.1) is 0 Å². The van der Waals surface area contributed by atoms with E-state index in [1.807, 2.05) is 6.20 Å². The topological polar surface area (TPSA) is 37.0 Å². The van der Waals surface area contributed by atoms with Crippen LogP contribution >= 0.6 is 0 Å². The van der Waals surface area contributed by atoms with Gasteiger partial charge >= 0.3 is 0 Å². The van der Waals surface area contributed by atoms with Gasteiger partial charge in [-0.1, -0.05) is 13.0 Å². The van der Waals surface area contributed by atoms with Crippen LogP contribution in [0.15, 0.2) is 18.3 Å². The van der Waals surface area contributed by atoms with Crippen LogP contribution < -0.4 is 10.6 Å². The molecule has 2 heterocycles. The van der Waals surface area contributed by atoms with Crippen molar-refractivity contribution in [2.45, 2.75) is 45.2 Å². The normalized spacial score (nSPS) is 22.0. The van der Waals surface area contributed by atoms with Gasteiger partial charge in [-0.05, 0) is 44.4 Å². The summed E-state index contributed by atoms with van der Waals surface area (Å²) < 4.78 is 0. The van der Waals surface area contributed by atoms with Crippen LogP contribution in [0.1, 0.15) is 44.7 Å². The van der Waals surface area contributed by atoms with Gasteiger partial charge in [-0.25, -0.2) is 4.98 Å². The number of hydrogen-bond donors (Lipinski definition) is 2. The van der Waals surface area contributed by atoms with Crippen LogP contribution in [0.2, 0.25) is 0 Å². The Balaban J connectivity index is 1.98. The summed E-state index contributed by atoms with van der Waals surface area (Å²) in [5, 5.41) is 6.86. The summed E-state index contributed by atoms with van der Waals surface area (Å²) in [4.78, 5) is 4.46. The van der Waals surface area contributed by atoms with Crippen molar-refractivity contribution < 1.29 is 0 Å². The molecular weight excluding hydrogens is 198 g/mol. The fraction of sp³-hybridized carbons (Fsp3) is 0.615. The van der Waals surface area contributed by atoms with E-state index < -0.39 is 0 Å². The standard InChI is InChI=1S/C13H21N3/c1-3-10(2)16-13-7-6-11(9-15-13)12-5-4-8-14-12/h6-7,9-10,12,14H,3-5,8H2,1-2H3,(H,15,16). The van der Waals surface area contributed by atoms with Crippen molar-refractivity contribution in [2.75, 3.05) is 11.9 Å². The van der Waals surface area contributed by atoms with Crippen molar-refractivity contribution in [2.24, 2.45) is 0 Å². The largest absolute Gasteiger partial charge is 0.368 e. The van der Waals surface area contributed by atoms with Crippen LogP contribution in [0.25, 0.3) is 0 Å². The highest BCUT2D eigenvalue weighted by atomic mass is 15.0. The smallest absolute Gasteiger partial charge is 0.126 e. The van der Waals surface area contributed by atoms with E-state index in [-0.39, 0.29) is 0 Å². The second kappa shape index (κ2) is 5.30. The molecule has 2 N–H and O–H groups in total. The van der Waals surface area contributed by atoms with E-state index in [9.17, 15) is 0 Å². The summed E-state index contributed by atoms with van der Waals surface area (Å²) in [7, 11) is 0. The zero-order valence-corrected chi connectivity index (χ0v) is 10.2. The maximum atomic E-state index is 4.46. The molecule has 3 heteroatoms. The van der Waals surface area contributed by atoms with Gasteiger partial charge in [0.25, 0.3) is 0 Å². The van der Waals surface area contributed by atoms with E-state index in [4.69, 9.17) is 0 Å². The van der Waals surface area contributed by atoms with Crippen molar-refractivity contribution >= 4 is 5.82 Å². The fourth-order valence-corrected chi connectivity index (χ4v) is 2.02. The average Bonchev–Trinajstić information content (AvgIpc) is 2.83. The molecule has 1 aromatic rings. The fourth-order valence-electron chi connectivity index (χ4n) is 2.02. The minimum absolute atomic E-state index is 0.489. The molecule has 0 aromatic carbocycles. The van der Waals surface area contributed by atoms with Crippen LogP contribution in [0.4, 0.5) is 5.82 Å². The van der Waals surface area contributed by atoms with E-state index in [2.05, 4.69) is 41.6 Å². The van der Waals surface area contributed by atoms with E-state index in [1.165, 1.54) is 18.4 Å². The number of anilines is 1. The molecule has 1 aliphatic rings. The van der Waals surface area contributed by atoms with Crippen molar-refractivity contribution in [1.29, 1.82) is 0 Å². The Kier molecular flexibility index (Phi) is 3.78. The van der Waals surface area contributed by atoms with E-state index in [0.29, 0.717) is 12.1 Å². The molecule has 1 saturated heterocycles. The molecule has 1 fully saturated rings. The lowest BCUT2D eigenvalue weighted by molar-refractivity contribution is 0.645. The van der Waals surface area contributed by atoms with Gasteiger partial charge in [0, 0.05) is 18.3 Å². The lowest BCUT2D eigenvalue weighted by atomic mass is 10.1. The van der Waals surface area contributed by atoms with Gasteiger partial charge in [0.1, 0.15) is 5.82 Å². The SMILES string of the molecule is CCC(C)Nc1ccc(C2CCCN2)cn1. The van der Waals surface area contributed by atoms with Gasteiger partial charge in [0.15, 0.2) is 0 Å². The first-order valence-corrected chi connectivity index (χ1v) is 6.25. The quantitative estimate of drug-likeness (QED) is 0.817. The first-order chi connectivity index (χ1) is 7.79. The van der Waals surface area contributed by atoms with Gasteiger partial charge in [-0.2, -0.15) is 0 Å². The predicted molar refractivity (Wildman–Crippen MR) is 67.6 cm³/mol. The monoisotopic (exact) mass is 219 g/mol. The minimum atomic E-state index is 0.489. The van der Waals surface area contributed by atoms with Crippen molar-refractivity contribution in [3.8, 4) is 0 Å². The molecule has 0 spiro atoms. The van der Waals surface area contributed by atoms with Gasteiger partial charge in [-0.3, -0.25) is 0 Å². The molecule has 0 saturated carbocycles. The van der Waals surface area contributed by atoms with Crippen LogP contribution in [0.3, 0.4) is 0 Å². The third-order valence-electron chi connectivity index (χ3n) is 3.26. The Hall–Kier alpha value is -1.09. The molecule has 88 valence electrons. The third kappa shape index (κ3) is 2.73. The van der Waals surface area contributed by atoms with Crippen LogP contribution in [-0.4, -0.2) is 17.6 Å². The molecule has 1 aliphatic heterocycles. The molecule has 2 atom stereocenters. The molecule has 0 aliphatic carbocycles. The zero-order valence-electron chi connectivity index (χ0n) is 10.2. The molecule has 0 bridgehead atoms. The number of rotatable bonds is 4. The number of pyridine rings is 1. The Labute approximate surface area is 97.7 Å². The average molecular weight is 219 g/mol. The molecule has 0 amide bonds. The number of aromatic nitrogens is 1. The van der Waals surface area contributed by atoms with Crippen molar-refractivity contribution in [3.63, 3.8) is 0 Å². The second-order valence-electron chi connectivity index (χ2n) is 4.58. The summed E-state index contributed by atoms with van der Waals surface area (Å²) in [5.41, 5.74) is 1.31. The maximum absolute atomic E-state index is 4.46. The summed E-state index contributed by atoms with van der Waals surface area (Å²) in [6.45, 7) is 5.49. The van der Waals surface area contributed by atoms with E-state index in [1.54, 1.807) is 0 Å². The zero-order chi connectivity index (χ0) is 11.4. The van der Waals surface area contributed by atoms with Crippen molar-refractivity contribution in [1.82, 2.24) is 10.3 Å². The number of nitrogens with one attached hydrogen (secondary N) is 2. The Morgan fingerprint density at radius 3 is 3.00 bits per heavy atom. The highest BCUT2D eigenvalue weighted by molar-refractivity contribution is 5.37. The highest BCUT2D eigenvalue weighted by Crippen LogP contribution is 2.22. The van der Waals surface area contributed by atoms with Gasteiger partial charge in [-0.15, -0.1) is 0 Å². The summed E-state index contributed by atoms with van der Waals surface area (Å²) in [6, 6.07) is 5.27. The lowest BCUT2D eigenvalue weighted by Crippen LogP contribution is -2.16. The Morgan fingerprint density at radius 2 is 2.44 bits per heavy atom. The molecule has 0 radical (unpaired) electrons. The predicted octanol–water partition coefficient (Wildman–Crippen LogP) is 2.72. The lowest BCUT2D eigenvalue weighted by Gasteiger charge is -2.14. The first-order valence-electron chi connectivity index (χ1n) is 6.25. The first kappa shape index (κ1) is 11.4. The highest BCUT2D eigenvalue weighted by Gasteiger charge is 2.16. The second-order valence-corrected chi connectivity index (χ2v) is 4.58. The van der Waals surface area contributed by atoms with Gasteiger partial charge < -0.3 is 10.6 Å². The maximum Gasteiger partial charge on any atom is 0.126 e. The molecule has 3 nitrogen and oxygen atoms in total. The summed E-state index contributed by atoms with van der Waals surface area (Å²) >= 11 is 0. The minimum Gasteiger partial charge on any atom is -0.368 e. The Morgan fingerprint density at radius 1 is 1.56 bits per heavy atom. The van der Waals surface area contributed by atoms with E-state index >= 15 is 0 Å². The summed E-state index contributed by atoms with van der Waals surface area (Å²) in [5.74, 6) is 0.982. The van der Waals surface area contributed by atoms with Crippen LogP contribution in [0.5, 0.6) is 0 Å².